The molecule has 6 heteroatoms. The first-order chi connectivity index (χ1) is 20.9. The van der Waals surface area contributed by atoms with Crippen LogP contribution >= 0.6 is 0 Å². The lowest BCUT2D eigenvalue weighted by atomic mass is 9.47. The van der Waals surface area contributed by atoms with Crippen LogP contribution < -0.4 is 15.0 Å². The van der Waals surface area contributed by atoms with Gasteiger partial charge in [-0.1, -0.05) is 79.6 Å². The van der Waals surface area contributed by atoms with E-state index in [-0.39, 0.29) is 23.6 Å². The van der Waals surface area contributed by atoms with E-state index in [4.69, 9.17) is 4.74 Å². The third kappa shape index (κ3) is 3.89. The van der Waals surface area contributed by atoms with E-state index in [0.717, 1.165) is 46.2 Å². The van der Waals surface area contributed by atoms with Gasteiger partial charge < -0.3 is 10.1 Å². The number of amides is 3. The van der Waals surface area contributed by atoms with Gasteiger partial charge in [-0.05, 0) is 78.4 Å². The minimum absolute atomic E-state index is 0.271. The van der Waals surface area contributed by atoms with Crippen molar-refractivity contribution in [3.8, 4) is 5.75 Å². The molecule has 2 bridgehead atoms. The zero-order chi connectivity index (χ0) is 29.9. The van der Waals surface area contributed by atoms with Gasteiger partial charge in [-0.25, -0.2) is 4.90 Å². The third-order valence-corrected chi connectivity index (χ3v) is 9.47. The van der Waals surface area contributed by atoms with Crippen LogP contribution in [0.5, 0.6) is 5.75 Å². The van der Waals surface area contributed by atoms with Crippen LogP contribution in [-0.2, 0) is 19.8 Å². The molecule has 4 aromatic carbocycles. The first-order valence-corrected chi connectivity index (χ1v) is 15.1. The van der Waals surface area contributed by atoms with Gasteiger partial charge in [-0.15, -0.1) is 0 Å². The number of nitrogens with zero attached hydrogens (tertiary/aromatic N) is 1. The summed E-state index contributed by atoms with van der Waals surface area (Å²) in [5, 5.41) is 3.20. The van der Waals surface area contributed by atoms with E-state index in [1.165, 1.54) is 4.90 Å². The molecule has 4 aliphatic rings. The predicted molar refractivity (Wildman–Crippen MR) is 166 cm³/mol. The van der Waals surface area contributed by atoms with Gasteiger partial charge in [0.1, 0.15) is 11.2 Å². The van der Waals surface area contributed by atoms with E-state index in [1.54, 1.807) is 24.3 Å². The molecule has 2 atom stereocenters. The molecule has 1 N–H and O–H groups in total. The summed E-state index contributed by atoms with van der Waals surface area (Å²) in [6.45, 7) is 6.69. The highest BCUT2D eigenvalue weighted by Gasteiger charge is 2.71. The molecule has 1 saturated heterocycles. The normalized spacial score (nSPS) is 23.0. The van der Waals surface area contributed by atoms with Crippen LogP contribution in [0, 0.1) is 25.7 Å². The van der Waals surface area contributed by atoms with Crippen LogP contribution in [0.4, 0.5) is 11.4 Å². The van der Waals surface area contributed by atoms with Crippen molar-refractivity contribution in [3.63, 3.8) is 0 Å². The van der Waals surface area contributed by atoms with Gasteiger partial charge in [0.05, 0.1) is 24.1 Å². The summed E-state index contributed by atoms with van der Waals surface area (Å²) in [6, 6.07) is 28.7. The van der Waals surface area contributed by atoms with Crippen molar-refractivity contribution in [1.29, 1.82) is 0 Å². The van der Waals surface area contributed by atoms with Gasteiger partial charge in [-0.2, -0.15) is 0 Å². The molecule has 3 amide bonds. The minimum atomic E-state index is -1.38. The number of carbonyl (C=O) groups excluding carboxylic acids is 3. The Balaban J connectivity index is 1.38. The van der Waals surface area contributed by atoms with E-state index in [1.807, 2.05) is 80.6 Å². The first kappa shape index (κ1) is 27.1. The average molecular weight is 571 g/mol. The summed E-state index contributed by atoms with van der Waals surface area (Å²) < 4.78 is 5.82. The molecule has 43 heavy (non-hydrogen) atoms. The van der Waals surface area contributed by atoms with Gasteiger partial charge in [0, 0.05) is 11.6 Å². The summed E-state index contributed by atoms with van der Waals surface area (Å²) in [5.74, 6) is -2.14. The number of hydrogen-bond donors (Lipinski definition) is 1. The summed E-state index contributed by atoms with van der Waals surface area (Å²) >= 11 is 0. The van der Waals surface area contributed by atoms with E-state index in [2.05, 4.69) is 12.2 Å². The monoisotopic (exact) mass is 570 g/mol. The van der Waals surface area contributed by atoms with Crippen molar-refractivity contribution in [2.75, 3.05) is 16.8 Å². The fourth-order valence-electron chi connectivity index (χ4n) is 7.61. The number of unbranched alkanes of at least 4 members (excludes halogenated alkanes) is 1. The lowest BCUT2D eigenvalue weighted by Gasteiger charge is -2.53. The molecule has 1 aliphatic heterocycles. The summed E-state index contributed by atoms with van der Waals surface area (Å²) in [7, 11) is 0. The quantitative estimate of drug-likeness (QED) is 0.199. The summed E-state index contributed by atoms with van der Waals surface area (Å²) in [6.07, 6.45) is 1.98. The number of carbonyl (C=O) groups is 3. The van der Waals surface area contributed by atoms with Crippen molar-refractivity contribution in [2.45, 2.75) is 44.9 Å². The van der Waals surface area contributed by atoms with Gasteiger partial charge in [-0.3, -0.25) is 14.4 Å². The van der Waals surface area contributed by atoms with Crippen molar-refractivity contribution in [2.24, 2.45) is 11.8 Å². The molecule has 0 radical (unpaired) electrons. The Labute approximate surface area is 251 Å². The van der Waals surface area contributed by atoms with Crippen LogP contribution in [0.1, 0.15) is 59.1 Å². The molecule has 0 aromatic heterocycles. The topological polar surface area (TPSA) is 75.7 Å². The number of hydrogen-bond acceptors (Lipinski definition) is 4. The van der Waals surface area contributed by atoms with Crippen molar-refractivity contribution in [1.82, 2.24) is 0 Å². The highest BCUT2D eigenvalue weighted by Crippen LogP contribution is 2.64. The molecule has 4 aromatic rings. The summed E-state index contributed by atoms with van der Waals surface area (Å²) in [4.78, 5) is 45.2. The maximum Gasteiger partial charge on any atom is 0.240 e. The largest absolute Gasteiger partial charge is 0.494 e. The fourth-order valence-corrected chi connectivity index (χ4v) is 7.61. The minimum Gasteiger partial charge on any atom is -0.494 e. The van der Waals surface area contributed by atoms with Crippen LogP contribution in [-0.4, -0.2) is 24.3 Å². The Hall–Kier alpha value is -4.71. The highest BCUT2D eigenvalue weighted by molar-refractivity contribution is 6.26. The SMILES string of the molecule is CCCCOc1ccc(N2C(=O)C3C4c5ccccc5C(C(=O)Nc5ccc(C)cc5C)(c5ccccc54)C3C2=O)cc1. The van der Waals surface area contributed by atoms with Crippen molar-refractivity contribution in [3.05, 3.63) is 124 Å². The van der Waals surface area contributed by atoms with Gasteiger partial charge in [0.15, 0.2) is 0 Å². The Morgan fingerprint density at radius 2 is 1.51 bits per heavy atom. The van der Waals surface area contributed by atoms with E-state index in [9.17, 15) is 14.4 Å². The number of aryl methyl sites for hydroxylation is 2. The molecule has 0 saturated carbocycles. The average Bonchev–Trinajstić information content (AvgIpc) is 3.29. The van der Waals surface area contributed by atoms with Crippen LogP contribution in [0.15, 0.2) is 91.0 Å². The molecule has 2 unspecified atom stereocenters. The maximum absolute atomic E-state index is 14.9. The molecule has 216 valence electrons. The van der Waals surface area contributed by atoms with Gasteiger partial charge in [0.2, 0.25) is 17.7 Å². The maximum atomic E-state index is 14.9. The van der Waals surface area contributed by atoms with E-state index >= 15 is 0 Å². The Bertz CT molecular complexity index is 1730. The second kappa shape index (κ2) is 10.2. The van der Waals surface area contributed by atoms with E-state index in [0.29, 0.717) is 23.7 Å². The van der Waals surface area contributed by atoms with Gasteiger partial charge in [0.25, 0.3) is 0 Å². The zero-order valence-corrected chi connectivity index (χ0v) is 24.6. The lowest BCUT2D eigenvalue weighted by molar-refractivity contribution is -0.132. The fraction of sp³-hybridized carbons (Fsp3) is 0.270. The Morgan fingerprint density at radius 3 is 2.14 bits per heavy atom. The second-order valence-corrected chi connectivity index (χ2v) is 11.9. The van der Waals surface area contributed by atoms with Crippen LogP contribution in [0.25, 0.3) is 0 Å². The number of nitrogens with one attached hydrogen (secondary N) is 1. The van der Waals surface area contributed by atoms with Gasteiger partial charge >= 0.3 is 0 Å². The highest BCUT2D eigenvalue weighted by atomic mass is 16.5. The standard InChI is InChI=1S/C37H34N2O4/c1-4-5-20-43-25-17-15-24(16-18-25)39-34(40)32-31-26-10-6-8-12-28(26)37(33(32)35(39)41,29-13-9-7-11-27(29)31)36(42)38-30-19-14-22(2)21-23(30)3/h6-19,21,31-33H,4-5,20H2,1-3H3,(H,38,42). The molecular formula is C37H34N2O4. The molecule has 3 aliphatic carbocycles. The second-order valence-electron chi connectivity index (χ2n) is 11.9. The predicted octanol–water partition coefficient (Wildman–Crippen LogP) is 6.67. The Kier molecular flexibility index (Phi) is 6.46. The lowest BCUT2D eigenvalue weighted by Crippen LogP contribution is -2.59. The molecular weight excluding hydrogens is 536 g/mol. The van der Waals surface area contributed by atoms with Crippen molar-refractivity contribution < 1.29 is 19.1 Å². The molecule has 1 heterocycles. The molecule has 0 spiro atoms. The Morgan fingerprint density at radius 1 is 0.860 bits per heavy atom. The number of ether oxygens (including phenoxy) is 1. The third-order valence-electron chi connectivity index (χ3n) is 9.47. The van der Waals surface area contributed by atoms with E-state index < -0.39 is 17.3 Å². The zero-order valence-electron chi connectivity index (χ0n) is 24.6. The summed E-state index contributed by atoms with van der Waals surface area (Å²) in [5.41, 5.74) is 5.28. The first-order valence-electron chi connectivity index (χ1n) is 15.1. The number of imide groups is 1. The number of anilines is 2. The molecule has 1 fully saturated rings. The number of rotatable bonds is 7. The van der Waals surface area contributed by atoms with Crippen LogP contribution in [0.3, 0.4) is 0 Å². The molecule has 8 rings (SSSR count). The van der Waals surface area contributed by atoms with Crippen LogP contribution in [0.2, 0.25) is 0 Å². The number of benzene rings is 4. The molecule has 6 nitrogen and oxygen atoms in total. The smallest absolute Gasteiger partial charge is 0.240 e. The van der Waals surface area contributed by atoms with Crippen molar-refractivity contribution >= 4 is 29.1 Å².